The van der Waals surface area contributed by atoms with Crippen LogP contribution in [0.2, 0.25) is 0 Å². The molecule has 2 aromatic rings. The van der Waals surface area contributed by atoms with Crippen LogP contribution in [0.25, 0.3) is 0 Å². The van der Waals surface area contributed by atoms with Crippen molar-refractivity contribution in [1.82, 2.24) is 0 Å². The molecule has 6 nitrogen and oxygen atoms in total. The van der Waals surface area contributed by atoms with Crippen LogP contribution < -0.4 is 11.5 Å². The Morgan fingerprint density at radius 2 is 1.96 bits per heavy atom. The maximum Gasteiger partial charge on any atom is 0.315 e. The molecule has 2 heterocycles. The molecule has 25 heavy (non-hydrogen) atoms. The van der Waals surface area contributed by atoms with Gasteiger partial charge in [0.25, 0.3) is 5.91 Å². The van der Waals surface area contributed by atoms with E-state index in [9.17, 15) is 9.59 Å². The van der Waals surface area contributed by atoms with Gasteiger partial charge >= 0.3 is 5.97 Å². The molecule has 0 spiro atoms. The van der Waals surface area contributed by atoms with Crippen molar-refractivity contribution in [2.45, 2.75) is 19.8 Å². The molecule has 7 heteroatoms. The molecular weight excluding hydrogens is 338 g/mol. The van der Waals surface area contributed by atoms with Crippen LogP contribution in [0.3, 0.4) is 0 Å². The summed E-state index contributed by atoms with van der Waals surface area (Å²) in [5.41, 5.74) is 14.2. The third-order valence-corrected chi connectivity index (χ3v) is 5.39. The van der Waals surface area contributed by atoms with Gasteiger partial charge in [0.15, 0.2) is 0 Å². The van der Waals surface area contributed by atoms with Crippen LogP contribution in [0.1, 0.15) is 40.6 Å². The molecule has 0 saturated carbocycles. The minimum absolute atomic E-state index is 0.270. The molecule has 2 atom stereocenters. The number of fused-ring (bicyclic) bond motifs is 1. The molecule has 1 aliphatic heterocycles. The number of nitrogen functional groups attached to an aromatic ring is 1. The average molecular weight is 357 g/mol. The van der Waals surface area contributed by atoms with Crippen LogP contribution >= 0.6 is 11.3 Å². The molecule has 1 amide bonds. The quantitative estimate of drug-likeness (QED) is 0.820. The van der Waals surface area contributed by atoms with Crippen molar-refractivity contribution < 1.29 is 14.3 Å². The summed E-state index contributed by atoms with van der Waals surface area (Å²) in [6.45, 7) is 3.84. The Hall–Kier alpha value is -2.67. The number of amides is 1. The van der Waals surface area contributed by atoms with Crippen molar-refractivity contribution in [2.75, 3.05) is 12.3 Å². The SMILES string of the molecule is CCOC(=O)C1C(C)=Nc2sc(C(N)=O)c(N)c2C1c1ccccc1. The van der Waals surface area contributed by atoms with E-state index in [0.29, 0.717) is 22.0 Å². The number of nitrogens with two attached hydrogens (primary N) is 2. The highest BCUT2D eigenvalue weighted by molar-refractivity contribution is 7.18. The lowest BCUT2D eigenvalue weighted by Crippen LogP contribution is -2.33. The summed E-state index contributed by atoms with van der Waals surface area (Å²) >= 11 is 1.16. The molecule has 1 aromatic heterocycles. The van der Waals surface area contributed by atoms with Crippen molar-refractivity contribution in [1.29, 1.82) is 0 Å². The Morgan fingerprint density at radius 3 is 2.56 bits per heavy atom. The van der Waals surface area contributed by atoms with Gasteiger partial charge in [0.1, 0.15) is 15.8 Å². The van der Waals surface area contributed by atoms with Crippen molar-refractivity contribution in [3.05, 3.63) is 46.3 Å². The number of hydrogen-bond acceptors (Lipinski definition) is 6. The number of rotatable bonds is 4. The Bertz CT molecular complexity index is 858. The number of thiophene rings is 1. The fourth-order valence-corrected chi connectivity index (χ4v) is 4.26. The maximum absolute atomic E-state index is 12.6. The lowest BCUT2D eigenvalue weighted by molar-refractivity contribution is -0.146. The molecule has 3 rings (SSSR count). The van der Waals surface area contributed by atoms with E-state index in [1.807, 2.05) is 30.3 Å². The van der Waals surface area contributed by atoms with Crippen LogP contribution in [-0.4, -0.2) is 24.2 Å². The van der Waals surface area contributed by atoms with Gasteiger partial charge in [-0.1, -0.05) is 30.3 Å². The first-order chi connectivity index (χ1) is 12.0. The highest BCUT2D eigenvalue weighted by Gasteiger charge is 2.41. The third kappa shape index (κ3) is 2.91. The predicted molar refractivity (Wildman–Crippen MR) is 98.4 cm³/mol. The van der Waals surface area contributed by atoms with Gasteiger partial charge in [-0.2, -0.15) is 0 Å². The van der Waals surface area contributed by atoms with E-state index in [4.69, 9.17) is 16.2 Å². The van der Waals surface area contributed by atoms with Gasteiger partial charge in [-0.3, -0.25) is 9.59 Å². The molecule has 0 bridgehead atoms. The number of primary amides is 1. The summed E-state index contributed by atoms with van der Waals surface area (Å²) in [6.07, 6.45) is 0. The van der Waals surface area contributed by atoms with Gasteiger partial charge in [0.05, 0.1) is 12.3 Å². The minimum Gasteiger partial charge on any atom is -0.465 e. The molecule has 0 fully saturated rings. The second kappa shape index (κ2) is 6.68. The lowest BCUT2D eigenvalue weighted by atomic mass is 9.77. The second-order valence-corrected chi connectivity index (χ2v) is 6.80. The Labute approximate surface area is 149 Å². The molecule has 0 radical (unpaired) electrons. The highest BCUT2D eigenvalue weighted by Crippen LogP contribution is 2.50. The van der Waals surface area contributed by atoms with Gasteiger partial charge in [-0.15, -0.1) is 11.3 Å². The zero-order valence-electron chi connectivity index (χ0n) is 14.0. The Kier molecular flexibility index (Phi) is 4.59. The van der Waals surface area contributed by atoms with E-state index in [2.05, 4.69) is 4.99 Å². The normalized spacial score (nSPS) is 19.0. The first-order valence-electron chi connectivity index (χ1n) is 7.94. The number of nitrogens with zero attached hydrogens (tertiary/aromatic N) is 1. The number of aliphatic imine (C=N–C) groups is 1. The number of hydrogen-bond donors (Lipinski definition) is 2. The molecule has 1 aromatic carbocycles. The fraction of sp³-hybridized carbons (Fsp3) is 0.278. The number of carbonyl (C=O) groups is 2. The number of benzene rings is 1. The molecular formula is C18H19N3O3S. The van der Waals surface area contributed by atoms with Gasteiger partial charge < -0.3 is 16.2 Å². The summed E-state index contributed by atoms with van der Waals surface area (Å²) in [5.74, 6) is -1.90. The maximum atomic E-state index is 12.6. The molecule has 130 valence electrons. The number of carbonyl (C=O) groups excluding carboxylic acids is 2. The van der Waals surface area contributed by atoms with E-state index in [1.54, 1.807) is 13.8 Å². The number of anilines is 1. The van der Waals surface area contributed by atoms with Gasteiger partial charge in [0.2, 0.25) is 0 Å². The average Bonchev–Trinajstić information content (AvgIpc) is 2.91. The third-order valence-electron chi connectivity index (χ3n) is 4.26. The van der Waals surface area contributed by atoms with Crippen molar-refractivity contribution in [3.8, 4) is 0 Å². The first kappa shape index (κ1) is 17.2. The van der Waals surface area contributed by atoms with E-state index < -0.39 is 11.8 Å². The van der Waals surface area contributed by atoms with Gasteiger partial charge in [0, 0.05) is 17.2 Å². The number of ether oxygens (including phenoxy) is 1. The van der Waals surface area contributed by atoms with E-state index in [-0.39, 0.29) is 23.4 Å². The topological polar surface area (TPSA) is 108 Å². The van der Waals surface area contributed by atoms with Crippen molar-refractivity contribution >= 4 is 39.6 Å². The first-order valence-corrected chi connectivity index (χ1v) is 8.76. The Morgan fingerprint density at radius 1 is 1.28 bits per heavy atom. The van der Waals surface area contributed by atoms with E-state index in [0.717, 1.165) is 16.9 Å². The van der Waals surface area contributed by atoms with E-state index >= 15 is 0 Å². The fourth-order valence-electron chi connectivity index (χ4n) is 3.21. The lowest BCUT2D eigenvalue weighted by Gasteiger charge is -2.30. The zero-order valence-corrected chi connectivity index (χ0v) is 14.8. The highest BCUT2D eigenvalue weighted by atomic mass is 32.1. The van der Waals surface area contributed by atoms with Crippen molar-refractivity contribution in [3.63, 3.8) is 0 Å². The van der Waals surface area contributed by atoms with Gasteiger partial charge in [-0.25, -0.2) is 4.99 Å². The monoisotopic (exact) mass is 357 g/mol. The van der Waals surface area contributed by atoms with Crippen LogP contribution in [0.4, 0.5) is 10.7 Å². The molecule has 0 aliphatic carbocycles. The van der Waals surface area contributed by atoms with Crippen LogP contribution in [0.5, 0.6) is 0 Å². The number of esters is 1. The molecule has 0 saturated heterocycles. The molecule has 2 unspecified atom stereocenters. The van der Waals surface area contributed by atoms with Crippen LogP contribution in [-0.2, 0) is 9.53 Å². The predicted octanol–water partition coefficient (Wildman–Crippen LogP) is 2.85. The van der Waals surface area contributed by atoms with Crippen LogP contribution in [0.15, 0.2) is 35.3 Å². The van der Waals surface area contributed by atoms with Crippen LogP contribution in [0, 0.1) is 5.92 Å². The van der Waals surface area contributed by atoms with Gasteiger partial charge in [-0.05, 0) is 19.4 Å². The molecule has 1 aliphatic rings. The summed E-state index contributed by atoms with van der Waals surface area (Å²) in [4.78, 5) is 29.1. The second-order valence-electron chi connectivity index (χ2n) is 5.80. The summed E-state index contributed by atoms with van der Waals surface area (Å²) < 4.78 is 5.26. The summed E-state index contributed by atoms with van der Waals surface area (Å²) in [7, 11) is 0. The largest absolute Gasteiger partial charge is 0.465 e. The molecule has 4 N–H and O–H groups in total. The minimum atomic E-state index is -0.593. The van der Waals surface area contributed by atoms with Crippen molar-refractivity contribution in [2.24, 2.45) is 16.6 Å². The summed E-state index contributed by atoms with van der Waals surface area (Å²) in [6, 6.07) is 9.56. The van der Waals surface area contributed by atoms with E-state index in [1.165, 1.54) is 0 Å². The smallest absolute Gasteiger partial charge is 0.315 e. The standard InChI is InChI=1S/C18H19N3O3S/c1-3-24-18(23)11-9(2)21-17-13(14(19)15(25-17)16(20)22)12(11)10-7-5-4-6-8-10/h4-8,11-12H,3,19H2,1-2H3,(H2,20,22). The zero-order chi connectivity index (χ0) is 18.1. The Balaban J connectivity index is 2.23. The summed E-state index contributed by atoms with van der Waals surface area (Å²) in [5, 5.41) is 0.623.